The third-order valence-electron chi connectivity index (χ3n) is 4.60. The summed E-state index contributed by atoms with van der Waals surface area (Å²) in [5.74, 6) is 1.23. The zero-order valence-electron chi connectivity index (χ0n) is 10.9. The standard InChI is InChI=1S/C15H20O2/c1-9-4-11-8-17-14(16)12(11)5-10-6-15(2,3)7-13(9)10/h4,10,13H,5-8H2,1-3H3/t10-,13-/m0/s1. The molecule has 1 fully saturated rings. The monoisotopic (exact) mass is 232 g/mol. The number of rotatable bonds is 0. The van der Waals surface area contributed by atoms with Crippen LogP contribution >= 0.6 is 0 Å². The molecule has 0 radical (unpaired) electrons. The van der Waals surface area contributed by atoms with Crippen molar-refractivity contribution in [2.24, 2.45) is 17.3 Å². The van der Waals surface area contributed by atoms with Crippen LogP contribution in [-0.2, 0) is 9.53 Å². The van der Waals surface area contributed by atoms with Crippen molar-refractivity contribution in [3.05, 3.63) is 22.8 Å². The van der Waals surface area contributed by atoms with E-state index in [0.717, 1.165) is 17.6 Å². The first-order valence-electron chi connectivity index (χ1n) is 6.54. The Labute approximate surface area is 103 Å². The van der Waals surface area contributed by atoms with Gasteiger partial charge < -0.3 is 4.74 Å². The average molecular weight is 232 g/mol. The minimum atomic E-state index is -0.0746. The molecule has 0 amide bonds. The predicted octanol–water partition coefficient (Wildman–Crippen LogP) is 3.24. The Hall–Kier alpha value is -1.05. The Balaban J connectivity index is 1.97. The summed E-state index contributed by atoms with van der Waals surface area (Å²) in [5.41, 5.74) is 3.96. The highest BCUT2D eigenvalue weighted by Crippen LogP contribution is 2.52. The highest BCUT2D eigenvalue weighted by Gasteiger charge is 2.43. The zero-order valence-corrected chi connectivity index (χ0v) is 10.9. The van der Waals surface area contributed by atoms with Crippen LogP contribution in [0.5, 0.6) is 0 Å². The Bertz CT molecular complexity index is 440. The van der Waals surface area contributed by atoms with Crippen molar-refractivity contribution in [3.63, 3.8) is 0 Å². The van der Waals surface area contributed by atoms with Gasteiger partial charge >= 0.3 is 5.97 Å². The first-order valence-corrected chi connectivity index (χ1v) is 6.54. The Morgan fingerprint density at radius 2 is 2.12 bits per heavy atom. The fourth-order valence-electron chi connectivity index (χ4n) is 3.88. The van der Waals surface area contributed by atoms with Gasteiger partial charge in [-0.25, -0.2) is 4.79 Å². The van der Waals surface area contributed by atoms with Crippen molar-refractivity contribution in [2.75, 3.05) is 6.61 Å². The third kappa shape index (κ3) is 1.74. The lowest BCUT2D eigenvalue weighted by molar-refractivity contribution is -0.136. The minimum absolute atomic E-state index is 0.0746. The van der Waals surface area contributed by atoms with Gasteiger partial charge in [-0.1, -0.05) is 25.5 Å². The number of carbonyl (C=O) groups is 1. The van der Waals surface area contributed by atoms with E-state index in [-0.39, 0.29) is 5.97 Å². The minimum Gasteiger partial charge on any atom is -0.457 e. The molecular weight excluding hydrogens is 212 g/mol. The van der Waals surface area contributed by atoms with E-state index in [9.17, 15) is 4.79 Å². The van der Waals surface area contributed by atoms with Crippen LogP contribution < -0.4 is 0 Å². The van der Waals surface area contributed by atoms with Crippen LogP contribution in [0.2, 0.25) is 0 Å². The van der Waals surface area contributed by atoms with E-state index >= 15 is 0 Å². The first kappa shape index (κ1) is 11.1. The quantitative estimate of drug-likeness (QED) is 0.599. The second-order valence-electron chi connectivity index (χ2n) is 6.61. The van der Waals surface area contributed by atoms with Crippen LogP contribution in [-0.4, -0.2) is 12.6 Å². The number of cyclic esters (lactones) is 1. The summed E-state index contributed by atoms with van der Waals surface area (Å²) < 4.78 is 5.15. The molecule has 2 heteroatoms. The van der Waals surface area contributed by atoms with E-state index in [1.54, 1.807) is 0 Å². The molecule has 17 heavy (non-hydrogen) atoms. The summed E-state index contributed by atoms with van der Waals surface area (Å²) in [6.45, 7) is 7.40. The molecule has 0 aromatic carbocycles. The highest BCUT2D eigenvalue weighted by atomic mass is 16.5. The molecule has 0 saturated heterocycles. The van der Waals surface area contributed by atoms with E-state index in [0.29, 0.717) is 23.9 Å². The molecule has 0 N–H and O–H groups in total. The molecule has 2 aliphatic carbocycles. The number of esters is 1. The summed E-state index contributed by atoms with van der Waals surface area (Å²) in [6, 6.07) is 0. The van der Waals surface area contributed by atoms with Gasteiger partial charge in [-0.15, -0.1) is 0 Å². The maximum absolute atomic E-state index is 11.7. The Morgan fingerprint density at radius 3 is 2.88 bits per heavy atom. The van der Waals surface area contributed by atoms with E-state index in [2.05, 4.69) is 26.8 Å². The number of ether oxygens (including phenoxy) is 1. The van der Waals surface area contributed by atoms with E-state index in [1.807, 2.05) is 0 Å². The number of fused-ring (bicyclic) bond motifs is 1. The van der Waals surface area contributed by atoms with E-state index in [4.69, 9.17) is 4.74 Å². The smallest absolute Gasteiger partial charge is 0.334 e. The normalized spacial score (nSPS) is 35.0. The van der Waals surface area contributed by atoms with Crippen LogP contribution in [0, 0.1) is 17.3 Å². The summed E-state index contributed by atoms with van der Waals surface area (Å²) in [6.07, 6.45) is 5.63. The molecule has 0 spiro atoms. The zero-order chi connectivity index (χ0) is 12.2. The molecule has 1 aliphatic heterocycles. The van der Waals surface area contributed by atoms with Gasteiger partial charge in [-0.05, 0) is 49.0 Å². The first-order chi connectivity index (χ1) is 7.96. The number of hydrogen-bond acceptors (Lipinski definition) is 2. The maximum atomic E-state index is 11.7. The lowest BCUT2D eigenvalue weighted by Crippen LogP contribution is -2.11. The third-order valence-corrected chi connectivity index (χ3v) is 4.60. The van der Waals surface area contributed by atoms with Gasteiger partial charge in [-0.2, -0.15) is 0 Å². The van der Waals surface area contributed by atoms with Crippen molar-refractivity contribution >= 4 is 5.97 Å². The number of allylic oxidation sites excluding steroid dienone is 1. The lowest BCUT2D eigenvalue weighted by Gasteiger charge is -2.18. The van der Waals surface area contributed by atoms with Crippen molar-refractivity contribution in [1.29, 1.82) is 0 Å². The fourth-order valence-corrected chi connectivity index (χ4v) is 3.88. The summed E-state index contributed by atoms with van der Waals surface area (Å²) in [4.78, 5) is 11.7. The Morgan fingerprint density at radius 1 is 1.35 bits per heavy atom. The molecule has 1 saturated carbocycles. The van der Waals surface area contributed by atoms with Crippen LogP contribution in [0.4, 0.5) is 0 Å². The van der Waals surface area contributed by atoms with Gasteiger partial charge in [-0.3, -0.25) is 0 Å². The van der Waals surface area contributed by atoms with Crippen molar-refractivity contribution in [1.82, 2.24) is 0 Å². The van der Waals surface area contributed by atoms with Crippen molar-refractivity contribution in [3.8, 4) is 0 Å². The molecule has 1 heterocycles. The molecule has 3 aliphatic rings. The molecule has 0 unspecified atom stereocenters. The van der Waals surface area contributed by atoms with Crippen LogP contribution in [0.1, 0.15) is 40.0 Å². The van der Waals surface area contributed by atoms with Crippen molar-refractivity contribution < 1.29 is 9.53 Å². The van der Waals surface area contributed by atoms with Gasteiger partial charge in [0.15, 0.2) is 0 Å². The van der Waals surface area contributed by atoms with Gasteiger partial charge in [0.1, 0.15) is 6.61 Å². The second-order valence-corrected chi connectivity index (χ2v) is 6.61. The van der Waals surface area contributed by atoms with Crippen LogP contribution in [0.15, 0.2) is 22.8 Å². The van der Waals surface area contributed by atoms with Crippen LogP contribution in [0.25, 0.3) is 0 Å². The average Bonchev–Trinajstić information content (AvgIpc) is 2.68. The maximum Gasteiger partial charge on any atom is 0.334 e. The van der Waals surface area contributed by atoms with Gasteiger partial charge in [0.2, 0.25) is 0 Å². The summed E-state index contributed by atoms with van der Waals surface area (Å²) in [5, 5.41) is 0. The lowest BCUT2D eigenvalue weighted by atomic mass is 9.87. The van der Waals surface area contributed by atoms with E-state index in [1.165, 1.54) is 18.4 Å². The van der Waals surface area contributed by atoms with Gasteiger partial charge in [0, 0.05) is 5.57 Å². The number of hydrogen-bond donors (Lipinski definition) is 0. The Kier molecular flexibility index (Phi) is 2.26. The van der Waals surface area contributed by atoms with Gasteiger partial charge in [0.05, 0.1) is 0 Å². The molecule has 2 nitrogen and oxygen atoms in total. The molecule has 0 aromatic rings. The SMILES string of the molecule is CC1=CC2=C(C[C@H]3CC(C)(C)C[C@@H]13)C(=O)OC2. The summed E-state index contributed by atoms with van der Waals surface area (Å²) in [7, 11) is 0. The topological polar surface area (TPSA) is 26.3 Å². The molecule has 0 aromatic heterocycles. The van der Waals surface area contributed by atoms with Gasteiger partial charge in [0.25, 0.3) is 0 Å². The molecule has 0 bridgehead atoms. The molecule has 2 atom stereocenters. The highest BCUT2D eigenvalue weighted by molar-refractivity contribution is 5.92. The van der Waals surface area contributed by atoms with Crippen molar-refractivity contribution in [2.45, 2.75) is 40.0 Å². The number of carbonyl (C=O) groups excluding carboxylic acids is 1. The van der Waals surface area contributed by atoms with Crippen LogP contribution in [0.3, 0.4) is 0 Å². The second kappa shape index (κ2) is 3.47. The predicted molar refractivity (Wildman–Crippen MR) is 66.4 cm³/mol. The summed E-state index contributed by atoms with van der Waals surface area (Å²) >= 11 is 0. The molecular formula is C15H20O2. The molecule has 3 rings (SSSR count). The largest absolute Gasteiger partial charge is 0.457 e. The van der Waals surface area contributed by atoms with E-state index < -0.39 is 0 Å². The fraction of sp³-hybridized carbons (Fsp3) is 0.667. The molecule has 92 valence electrons.